The van der Waals surface area contributed by atoms with Gasteiger partial charge >= 0.3 is 0 Å². The van der Waals surface area contributed by atoms with Crippen molar-refractivity contribution in [2.45, 2.75) is 0 Å². The van der Waals surface area contributed by atoms with E-state index in [9.17, 15) is 0 Å². The standard InChI is InChI=1S/C21H13ClN8S/c22-16-4-3-15(31-16)19-17-13(5-6-25-19)27-21(28-17)20-18-14(29-30-20)2-1-12(26-18)10-7-11(23)9-24-8-10/h1-9H,23H2,(H,27,28)(H,29,30). The highest BCUT2D eigenvalue weighted by molar-refractivity contribution is 7.19. The Balaban J connectivity index is 1.51. The van der Waals surface area contributed by atoms with Crippen LogP contribution in [0.2, 0.25) is 4.34 Å². The second-order valence-corrected chi connectivity index (χ2v) is 8.63. The van der Waals surface area contributed by atoms with Crippen LogP contribution in [0, 0.1) is 0 Å². The Kier molecular flexibility index (Phi) is 3.98. The molecule has 8 nitrogen and oxygen atoms in total. The third-order valence-corrected chi connectivity index (χ3v) is 6.13. The average Bonchev–Trinajstić information content (AvgIpc) is 3.50. The number of H-pyrrole nitrogens is 2. The molecule has 0 atom stereocenters. The number of nitrogen functional groups attached to an aromatic ring is 1. The first kappa shape index (κ1) is 18.0. The Bertz CT molecular complexity index is 1580. The van der Waals surface area contributed by atoms with E-state index in [1.54, 1.807) is 18.6 Å². The van der Waals surface area contributed by atoms with Crippen LogP contribution in [0.5, 0.6) is 0 Å². The number of rotatable bonds is 3. The van der Waals surface area contributed by atoms with Crippen molar-refractivity contribution < 1.29 is 0 Å². The summed E-state index contributed by atoms with van der Waals surface area (Å²) in [6.07, 6.45) is 5.08. The van der Waals surface area contributed by atoms with Crippen LogP contribution in [-0.4, -0.2) is 35.1 Å². The highest BCUT2D eigenvalue weighted by atomic mass is 35.5. The molecule has 6 rings (SSSR count). The second-order valence-electron chi connectivity index (χ2n) is 6.92. The highest BCUT2D eigenvalue weighted by Crippen LogP contribution is 2.35. The normalized spacial score (nSPS) is 11.5. The lowest BCUT2D eigenvalue weighted by atomic mass is 10.1. The maximum Gasteiger partial charge on any atom is 0.161 e. The summed E-state index contributed by atoms with van der Waals surface area (Å²) in [5, 5.41) is 7.49. The Morgan fingerprint density at radius 1 is 0.935 bits per heavy atom. The molecule has 0 aliphatic heterocycles. The van der Waals surface area contributed by atoms with Crippen LogP contribution in [-0.2, 0) is 0 Å². The van der Waals surface area contributed by atoms with E-state index < -0.39 is 0 Å². The van der Waals surface area contributed by atoms with Crippen molar-refractivity contribution in [3.05, 3.63) is 59.3 Å². The molecule has 0 amide bonds. The molecule has 150 valence electrons. The topological polar surface area (TPSA) is 122 Å². The summed E-state index contributed by atoms with van der Waals surface area (Å²) in [4.78, 5) is 22.6. The molecule has 6 aromatic heterocycles. The second kappa shape index (κ2) is 6.86. The number of hydrogen-bond donors (Lipinski definition) is 3. The number of hydrogen-bond acceptors (Lipinski definition) is 7. The number of nitrogens with two attached hydrogens (primary N) is 1. The minimum absolute atomic E-state index is 0.581. The van der Waals surface area contributed by atoms with Gasteiger partial charge in [-0.3, -0.25) is 15.1 Å². The molecule has 0 spiro atoms. The smallest absolute Gasteiger partial charge is 0.161 e. The summed E-state index contributed by atoms with van der Waals surface area (Å²) in [5.74, 6) is 0.605. The molecule has 6 aromatic rings. The molecule has 0 aromatic carbocycles. The van der Waals surface area contributed by atoms with E-state index in [0.717, 1.165) is 38.4 Å². The lowest BCUT2D eigenvalue weighted by Gasteiger charge is -2.02. The molecule has 4 N–H and O–H groups in total. The summed E-state index contributed by atoms with van der Waals surface area (Å²) in [6, 6.07) is 11.4. The number of imidazole rings is 1. The van der Waals surface area contributed by atoms with Gasteiger partial charge < -0.3 is 10.7 Å². The van der Waals surface area contributed by atoms with E-state index in [-0.39, 0.29) is 0 Å². The first-order valence-corrected chi connectivity index (χ1v) is 10.5. The quantitative estimate of drug-likeness (QED) is 0.356. The predicted molar refractivity (Wildman–Crippen MR) is 123 cm³/mol. The van der Waals surface area contributed by atoms with Gasteiger partial charge in [0, 0.05) is 24.2 Å². The largest absolute Gasteiger partial charge is 0.397 e. The van der Waals surface area contributed by atoms with Gasteiger partial charge in [0.05, 0.1) is 31.6 Å². The van der Waals surface area contributed by atoms with Gasteiger partial charge in [-0.25, -0.2) is 9.97 Å². The maximum absolute atomic E-state index is 6.12. The van der Waals surface area contributed by atoms with Gasteiger partial charge in [-0.15, -0.1) is 11.3 Å². The molecule has 0 saturated heterocycles. The van der Waals surface area contributed by atoms with Crippen molar-refractivity contribution in [3.63, 3.8) is 0 Å². The summed E-state index contributed by atoms with van der Waals surface area (Å²) >= 11 is 7.58. The summed E-state index contributed by atoms with van der Waals surface area (Å²) in [5.41, 5.74) is 12.6. The van der Waals surface area contributed by atoms with Gasteiger partial charge in [-0.2, -0.15) is 5.10 Å². The SMILES string of the molecule is Nc1cncc(-c2ccc3[nH]nc(-c4nc5c(-c6ccc(Cl)s6)nccc5[nH]4)c3n2)c1. The van der Waals surface area contributed by atoms with E-state index in [1.807, 2.05) is 36.4 Å². The van der Waals surface area contributed by atoms with Crippen LogP contribution in [0.4, 0.5) is 5.69 Å². The molecule has 0 fully saturated rings. The van der Waals surface area contributed by atoms with Crippen LogP contribution in [0.3, 0.4) is 0 Å². The molecule has 0 bridgehead atoms. The number of nitrogens with zero attached hydrogens (tertiary/aromatic N) is 5. The third-order valence-electron chi connectivity index (χ3n) is 4.89. The number of aromatic amines is 2. The molecule has 0 saturated carbocycles. The van der Waals surface area contributed by atoms with Crippen molar-refractivity contribution >= 4 is 50.7 Å². The number of aromatic nitrogens is 7. The molecule has 0 unspecified atom stereocenters. The van der Waals surface area contributed by atoms with Gasteiger partial charge in [0.25, 0.3) is 0 Å². The lowest BCUT2D eigenvalue weighted by Crippen LogP contribution is -1.90. The molecule has 31 heavy (non-hydrogen) atoms. The van der Waals surface area contributed by atoms with E-state index in [0.29, 0.717) is 27.1 Å². The molecule has 6 heterocycles. The Labute approximate surface area is 184 Å². The van der Waals surface area contributed by atoms with E-state index in [2.05, 4.69) is 25.1 Å². The molecular formula is C21H13ClN8S. The Morgan fingerprint density at radius 3 is 2.68 bits per heavy atom. The molecule has 0 radical (unpaired) electrons. The van der Waals surface area contributed by atoms with E-state index in [1.165, 1.54) is 11.3 Å². The number of halogens is 1. The fraction of sp³-hybridized carbons (Fsp3) is 0. The average molecular weight is 445 g/mol. The highest BCUT2D eigenvalue weighted by Gasteiger charge is 2.18. The number of thiophene rings is 1. The number of pyridine rings is 3. The number of fused-ring (bicyclic) bond motifs is 2. The minimum atomic E-state index is 0.581. The first-order chi connectivity index (χ1) is 15.2. The first-order valence-electron chi connectivity index (χ1n) is 9.32. The monoisotopic (exact) mass is 444 g/mol. The van der Waals surface area contributed by atoms with Crippen LogP contribution in [0.25, 0.3) is 55.4 Å². The number of nitrogens with one attached hydrogen (secondary N) is 2. The van der Waals surface area contributed by atoms with Gasteiger partial charge in [0.1, 0.15) is 16.7 Å². The van der Waals surface area contributed by atoms with Crippen molar-refractivity contribution in [1.82, 2.24) is 35.1 Å². The summed E-state index contributed by atoms with van der Waals surface area (Å²) in [6.45, 7) is 0. The Hall–Kier alpha value is -3.82. The van der Waals surface area contributed by atoms with Crippen molar-refractivity contribution in [3.8, 4) is 33.3 Å². The molecule has 0 aliphatic rings. The maximum atomic E-state index is 6.12. The van der Waals surface area contributed by atoms with Gasteiger partial charge in [0.2, 0.25) is 0 Å². The fourth-order valence-electron chi connectivity index (χ4n) is 3.49. The van der Waals surface area contributed by atoms with Gasteiger partial charge in [0.15, 0.2) is 11.5 Å². The fourth-order valence-corrected chi connectivity index (χ4v) is 4.53. The van der Waals surface area contributed by atoms with Crippen LogP contribution < -0.4 is 5.73 Å². The van der Waals surface area contributed by atoms with E-state index in [4.69, 9.17) is 27.3 Å². The zero-order chi connectivity index (χ0) is 20.9. The van der Waals surface area contributed by atoms with Crippen LogP contribution in [0.15, 0.2) is 55.0 Å². The van der Waals surface area contributed by atoms with Crippen LogP contribution in [0.1, 0.15) is 0 Å². The molecular weight excluding hydrogens is 432 g/mol. The van der Waals surface area contributed by atoms with Gasteiger partial charge in [-0.1, -0.05) is 11.6 Å². The minimum Gasteiger partial charge on any atom is -0.397 e. The third kappa shape index (κ3) is 3.02. The summed E-state index contributed by atoms with van der Waals surface area (Å²) in [7, 11) is 0. The zero-order valence-electron chi connectivity index (χ0n) is 15.8. The van der Waals surface area contributed by atoms with E-state index >= 15 is 0 Å². The molecule has 0 aliphatic carbocycles. The van der Waals surface area contributed by atoms with Gasteiger partial charge in [-0.05, 0) is 36.4 Å². The zero-order valence-corrected chi connectivity index (χ0v) is 17.4. The predicted octanol–water partition coefficient (Wildman–Crippen LogP) is 4.92. The van der Waals surface area contributed by atoms with Crippen molar-refractivity contribution in [2.75, 3.05) is 5.73 Å². The Morgan fingerprint density at radius 2 is 1.84 bits per heavy atom. The summed E-state index contributed by atoms with van der Waals surface area (Å²) < 4.78 is 0.704. The lowest BCUT2D eigenvalue weighted by molar-refractivity contribution is 1.10. The molecule has 10 heteroatoms. The van der Waals surface area contributed by atoms with Crippen LogP contribution >= 0.6 is 22.9 Å². The van der Waals surface area contributed by atoms with Crippen molar-refractivity contribution in [1.29, 1.82) is 0 Å². The number of anilines is 1. The van der Waals surface area contributed by atoms with Crippen molar-refractivity contribution in [2.24, 2.45) is 0 Å².